The Balaban J connectivity index is 1.45. The lowest BCUT2D eigenvalue weighted by Crippen LogP contribution is -2.47. The number of halogens is 1. The van der Waals surface area contributed by atoms with Crippen molar-refractivity contribution in [3.05, 3.63) is 94.7 Å². The molecule has 1 saturated heterocycles. The molecule has 4 heteroatoms. The summed E-state index contributed by atoms with van der Waals surface area (Å²) in [5.41, 5.74) is 9.28. The first-order valence-electron chi connectivity index (χ1n) is 12.4. The molecule has 0 unspecified atom stereocenters. The molecule has 0 spiro atoms. The highest BCUT2D eigenvalue weighted by molar-refractivity contribution is 5.99. The number of allylic oxidation sites excluding steroid dienone is 1. The van der Waals surface area contributed by atoms with Gasteiger partial charge in [0.2, 0.25) is 5.88 Å². The van der Waals surface area contributed by atoms with Crippen LogP contribution in [0.5, 0.6) is 5.88 Å². The van der Waals surface area contributed by atoms with Crippen LogP contribution in [-0.4, -0.2) is 43.3 Å². The van der Waals surface area contributed by atoms with Gasteiger partial charge in [0.25, 0.3) is 0 Å². The van der Waals surface area contributed by atoms with E-state index in [1.807, 2.05) is 6.20 Å². The largest absolute Gasteiger partial charge is 0.481 e. The second-order valence-electron chi connectivity index (χ2n) is 9.52. The number of likely N-dealkylation sites (tertiary alicyclic amines) is 1. The van der Waals surface area contributed by atoms with Gasteiger partial charge < -0.3 is 9.64 Å². The molecule has 0 bridgehead atoms. The van der Waals surface area contributed by atoms with Crippen molar-refractivity contribution in [3.8, 4) is 5.88 Å². The summed E-state index contributed by atoms with van der Waals surface area (Å²) in [5.74, 6) is 1.33. The normalized spacial score (nSPS) is 16.6. The van der Waals surface area contributed by atoms with Crippen LogP contribution >= 0.6 is 0 Å². The van der Waals surface area contributed by atoms with E-state index in [2.05, 4.69) is 70.5 Å². The van der Waals surface area contributed by atoms with E-state index in [1.165, 1.54) is 39.0 Å². The van der Waals surface area contributed by atoms with Crippen molar-refractivity contribution < 1.29 is 9.13 Å². The fourth-order valence-electron chi connectivity index (χ4n) is 5.47. The van der Waals surface area contributed by atoms with Gasteiger partial charge in [-0.25, -0.2) is 4.98 Å². The van der Waals surface area contributed by atoms with Crippen molar-refractivity contribution in [3.63, 3.8) is 0 Å². The van der Waals surface area contributed by atoms with E-state index < -0.39 is 0 Å². The minimum atomic E-state index is -0.212. The zero-order valence-corrected chi connectivity index (χ0v) is 20.0. The van der Waals surface area contributed by atoms with Gasteiger partial charge in [-0.15, -0.1) is 0 Å². The molecule has 2 heterocycles. The van der Waals surface area contributed by atoms with Gasteiger partial charge in [-0.1, -0.05) is 48.5 Å². The summed E-state index contributed by atoms with van der Waals surface area (Å²) in [7, 11) is 1.67. The first-order valence-corrected chi connectivity index (χ1v) is 12.4. The molecule has 2 aliphatic rings. The summed E-state index contributed by atoms with van der Waals surface area (Å²) >= 11 is 0. The molecule has 1 aliphatic heterocycles. The Morgan fingerprint density at radius 3 is 2.62 bits per heavy atom. The zero-order chi connectivity index (χ0) is 23.3. The van der Waals surface area contributed by atoms with Gasteiger partial charge >= 0.3 is 0 Å². The third kappa shape index (κ3) is 4.92. The predicted octanol–water partition coefficient (Wildman–Crippen LogP) is 6.22. The molecule has 2 aromatic carbocycles. The lowest BCUT2D eigenvalue weighted by atomic mass is 9.86. The molecular weight excluding hydrogens is 423 g/mol. The molecule has 1 aromatic heterocycles. The molecule has 0 saturated carbocycles. The molecule has 0 radical (unpaired) electrons. The number of alkyl halides is 1. The number of hydrogen-bond acceptors (Lipinski definition) is 3. The van der Waals surface area contributed by atoms with Gasteiger partial charge in [-0.3, -0.25) is 4.39 Å². The molecule has 176 valence electrons. The van der Waals surface area contributed by atoms with E-state index in [0.29, 0.717) is 18.2 Å². The molecule has 1 fully saturated rings. The summed E-state index contributed by atoms with van der Waals surface area (Å²) in [6.07, 6.45) is 6.83. The zero-order valence-electron chi connectivity index (χ0n) is 20.0. The van der Waals surface area contributed by atoms with E-state index in [4.69, 9.17) is 4.74 Å². The summed E-state index contributed by atoms with van der Waals surface area (Å²) in [5, 5.41) is 0. The maximum atomic E-state index is 12.4. The molecule has 5 rings (SSSR count). The minimum Gasteiger partial charge on any atom is -0.481 e. The Hall–Kier alpha value is -2.98. The number of rotatable bonds is 8. The van der Waals surface area contributed by atoms with Crippen molar-refractivity contribution in [1.82, 2.24) is 9.88 Å². The van der Waals surface area contributed by atoms with Crippen LogP contribution in [0.4, 0.5) is 4.39 Å². The molecule has 34 heavy (non-hydrogen) atoms. The molecule has 0 atom stereocenters. The molecular formula is C30H33FN2O. The number of methoxy groups -OCH3 is 1. The third-order valence-corrected chi connectivity index (χ3v) is 7.16. The number of aryl methyl sites for hydroxylation is 1. The lowest BCUT2D eigenvalue weighted by molar-refractivity contribution is 0.0968. The predicted molar refractivity (Wildman–Crippen MR) is 137 cm³/mol. The number of hydrogen-bond donors (Lipinski definition) is 0. The standard InChI is InChI=1S/C30H33FN2O/c1-34-29-19-26(14-16-32-29)28-9-4-7-24-6-2-3-8-27(24)30(28)25-12-10-22(11-13-25)18-23-20-33(21-23)17-5-15-31/h2-3,6,8,10-14,16,19,23H,4-5,7,9,15,17-18,20-21H2,1H3. The van der Waals surface area contributed by atoms with Gasteiger partial charge in [0.05, 0.1) is 13.8 Å². The molecule has 0 amide bonds. The van der Waals surface area contributed by atoms with Gasteiger partial charge in [0, 0.05) is 31.9 Å². The van der Waals surface area contributed by atoms with Crippen molar-refractivity contribution >= 4 is 11.1 Å². The van der Waals surface area contributed by atoms with E-state index in [-0.39, 0.29) is 6.67 Å². The van der Waals surface area contributed by atoms with Crippen molar-refractivity contribution in [2.75, 3.05) is 33.4 Å². The highest BCUT2D eigenvalue weighted by Gasteiger charge is 2.26. The number of fused-ring (bicyclic) bond motifs is 1. The van der Waals surface area contributed by atoms with Crippen molar-refractivity contribution in [2.45, 2.75) is 32.1 Å². The lowest BCUT2D eigenvalue weighted by Gasteiger charge is -2.39. The Morgan fingerprint density at radius 2 is 1.82 bits per heavy atom. The average Bonchev–Trinajstić information content (AvgIpc) is 3.05. The highest BCUT2D eigenvalue weighted by Crippen LogP contribution is 2.40. The molecule has 0 N–H and O–H groups in total. The van der Waals surface area contributed by atoms with Crippen molar-refractivity contribution in [1.29, 1.82) is 0 Å². The Labute approximate surface area is 202 Å². The summed E-state index contributed by atoms with van der Waals surface area (Å²) < 4.78 is 17.8. The average molecular weight is 457 g/mol. The van der Waals surface area contributed by atoms with E-state index in [9.17, 15) is 4.39 Å². The summed E-state index contributed by atoms with van der Waals surface area (Å²) in [6.45, 7) is 2.86. The minimum absolute atomic E-state index is 0.212. The smallest absolute Gasteiger partial charge is 0.213 e. The first-order chi connectivity index (χ1) is 16.7. The fourth-order valence-corrected chi connectivity index (χ4v) is 5.47. The van der Waals surface area contributed by atoms with Crippen LogP contribution in [-0.2, 0) is 12.8 Å². The number of nitrogens with zero attached hydrogens (tertiary/aromatic N) is 2. The van der Waals surface area contributed by atoms with Crippen LogP contribution < -0.4 is 4.74 Å². The van der Waals surface area contributed by atoms with Gasteiger partial charge in [0.1, 0.15) is 0 Å². The first kappa shape index (κ1) is 22.8. The van der Waals surface area contributed by atoms with E-state index in [1.54, 1.807) is 7.11 Å². The maximum Gasteiger partial charge on any atom is 0.213 e. The SMILES string of the molecule is COc1cc(C2=C(c3ccc(CC4CN(CCCF)C4)cc3)c3ccccc3CCC2)ccn1. The van der Waals surface area contributed by atoms with Gasteiger partial charge in [-0.2, -0.15) is 0 Å². The van der Waals surface area contributed by atoms with Crippen molar-refractivity contribution in [2.24, 2.45) is 5.92 Å². The van der Waals surface area contributed by atoms with Crippen LogP contribution in [0.3, 0.4) is 0 Å². The number of benzene rings is 2. The van der Waals surface area contributed by atoms with E-state index in [0.717, 1.165) is 45.3 Å². The highest BCUT2D eigenvalue weighted by atomic mass is 19.1. The number of aromatic nitrogens is 1. The van der Waals surface area contributed by atoms with Crippen LogP contribution in [0.1, 0.15) is 47.1 Å². The number of pyridine rings is 1. The second kappa shape index (κ2) is 10.5. The van der Waals surface area contributed by atoms with Crippen LogP contribution in [0.15, 0.2) is 66.9 Å². The molecule has 1 aliphatic carbocycles. The summed E-state index contributed by atoms with van der Waals surface area (Å²) in [4.78, 5) is 6.69. The molecule has 3 nitrogen and oxygen atoms in total. The van der Waals surface area contributed by atoms with Gasteiger partial charge in [-0.05, 0) is 83.1 Å². The second-order valence-corrected chi connectivity index (χ2v) is 9.52. The fraction of sp³-hybridized carbons (Fsp3) is 0.367. The quantitative estimate of drug-likeness (QED) is 0.402. The monoisotopic (exact) mass is 456 g/mol. The Morgan fingerprint density at radius 1 is 1.00 bits per heavy atom. The summed E-state index contributed by atoms with van der Waals surface area (Å²) in [6, 6.07) is 22.2. The topological polar surface area (TPSA) is 25.4 Å². The Kier molecular flexibility index (Phi) is 7.05. The van der Waals surface area contributed by atoms with Crippen LogP contribution in [0, 0.1) is 5.92 Å². The van der Waals surface area contributed by atoms with E-state index >= 15 is 0 Å². The van der Waals surface area contributed by atoms with Crippen LogP contribution in [0.25, 0.3) is 11.1 Å². The third-order valence-electron chi connectivity index (χ3n) is 7.16. The molecule has 3 aromatic rings. The number of ether oxygens (including phenoxy) is 1. The van der Waals surface area contributed by atoms with Gasteiger partial charge in [0.15, 0.2) is 0 Å². The maximum absolute atomic E-state index is 12.4. The Bertz CT molecular complexity index is 1150. The van der Waals surface area contributed by atoms with Crippen LogP contribution in [0.2, 0.25) is 0 Å².